The van der Waals surface area contributed by atoms with Gasteiger partial charge in [-0.15, -0.1) is 0 Å². The molecule has 0 fully saturated rings. The molecular formula is C24H23N3O2S. The number of hydrogen-bond acceptors (Lipinski definition) is 4. The molecule has 152 valence electrons. The second kappa shape index (κ2) is 8.32. The SMILES string of the molecule is CCn1c(S[C@H](C)C(=O)Nc2cccc(C)c2)nc2cc3ccccc3cc2c1=O. The van der Waals surface area contributed by atoms with E-state index in [2.05, 4.69) is 5.32 Å². The number of nitrogens with zero attached hydrogens (tertiary/aromatic N) is 2. The Bertz CT molecular complexity index is 1310. The summed E-state index contributed by atoms with van der Waals surface area (Å²) in [6, 6.07) is 19.4. The van der Waals surface area contributed by atoms with Gasteiger partial charge in [0.25, 0.3) is 5.56 Å². The molecule has 4 aromatic rings. The first-order valence-electron chi connectivity index (χ1n) is 9.94. The predicted octanol–water partition coefficient (Wildman–Crippen LogP) is 5.00. The number of carbonyl (C=O) groups is 1. The molecule has 1 aromatic heterocycles. The number of anilines is 1. The number of carbonyl (C=O) groups excluding carboxylic acids is 1. The maximum Gasteiger partial charge on any atom is 0.262 e. The fourth-order valence-electron chi connectivity index (χ4n) is 3.43. The molecule has 30 heavy (non-hydrogen) atoms. The fourth-order valence-corrected chi connectivity index (χ4v) is 4.41. The molecule has 5 nitrogen and oxygen atoms in total. The van der Waals surface area contributed by atoms with Crippen LogP contribution in [0.15, 0.2) is 70.6 Å². The molecule has 0 bridgehead atoms. The molecule has 0 radical (unpaired) electrons. The summed E-state index contributed by atoms with van der Waals surface area (Å²) in [5.41, 5.74) is 2.41. The lowest BCUT2D eigenvalue weighted by Crippen LogP contribution is -2.26. The number of thioether (sulfide) groups is 1. The second-order valence-corrected chi connectivity index (χ2v) is 8.59. The van der Waals surface area contributed by atoms with Crippen molar-refractivity contribution in [2.45, 2.75) is 37.7 Å². The van der Waals surface area contributed by atoms with Crippen LogP contribution in [0.25, 0.3) is 21.7 Å². The number of nitrogens with one attached hydrogen (secondary N) is 1. The van der Waals surface area contributed by atoms with E-state index in [1.54, 1.807) is 4.57 Å². The third-order valence-corrected chi connectivity index (χ3v) is 6.13. The summed E-state index contributed by atoms with van der Waals surface area (Å²) >= 11 is 1.30. The molecule has 0 saturated carbocycles. The molecular weight excluding hydrogens is 394 g/mol. The van der Waals surface area contributed by atoms with Crippen LogP contribution < -0.4 is 10.9 Å². The Labute approximate surface area is 179 Å². The van der Waals surface area contributed by atoms with Crippen molar-refractivity contribution in [3.05, 3.63) is 76.6 Å². The Morgan fingerprint density at radius 2 is 1.83 bits per heavy atom. The molecule has 0 aliphatic heterocycles. The molecule has 0 spiro atoms. The van der Waals surface area contributed by atoms with Crippen molar-refractivity contribution in [3.8, 4) is 0 Å². The topological polar surface area (TPSA) is 64.0 Å². The monoisotopic (exact) mass is 417 g/mol. The van der Waals surface area contributed by atoms with Crippen LogP contribution in [-0.2, 0) is 11.3 Å². The summed E-state index contributed by atoms with van der Waals surface area (Å²) < 4.78 is 1.64. The van der Waals surface area contributed by atoms with Gasteiger partial charge in [-0.2, -0.15) is 0 Å². The van der Waals surface area contributed by atoms with Crippen molar-refractivity contribution < 1.29 is 4.79 Å². The highest BCUT2D eigenvalue weighted by Crippen LogP contribution is 2.26. The van der Waals surface area contributed by atoms with Crippen molar-refractivity contribution in [1.82, 2.24) is 9.55 Å². The number of rotatable bonds is 5. The summed E-state index contributed by atoms with van der Waals surface area (Å²) in [6.45, 7) is 6.21. The number of benzene rings is 3. The molecule has 3 aromatic carbocycles. The number of aromatic nitrogens is 2. The molecule has 1 heterocycles. The van der Waals surface area contributed by atoms with Crippen LogP contribution in [0.1, 0.15) is 19.4 Å². The van der Waals surface area contributed by atoms with E-state index in [0.29, 0.717) is 22.6 Å². The summed E-state index contributed by atoms with van der Waals surface area (Å²) in [5.74, 6) is -0.124. The van der Waals surface area contributed by atoms with E-state index in [4.69, 9.17) is 4.98 Å². The minimum absolute atomic E-state index is 0.0814. The zero-order valence-corrected chi connectivity index (χ0v) is 18.0. The summed E-state index contributed by atoms with van der Waals surface area (Å²) in [7, 11) is 0. The van der Waals surface area contributed by atoms with E-state index in [1.165, 1.54) is 11.8 Å². The Balaban J connectivity index is 1.68. The van der Waals surface area contributed by atoms with Gasteiger partial charge in [-0.05, 0) is 61.4 Å². The first-order valence-corrected chi connectivity index (χ1v) is 10.8. The van der Waals surface area contributed by atoms with Crippen LogP contribution in [0.4, 0.5) is 5.69 Å². The van der Waals surface area contributed by atoms with Crippen LogP contribution in [-0.4, -0.2) is 20.7 Å². The largest absolute Gasteiger partial charge is 0.325 e. The average molecular weight is 418 g/mol. The molecule has 0 aliphatic carbocycles. The molecule has 0 saturated heterocycles. The third kappa shape index (κ3) is 3.96. The van der Waals surface area contributed by atoms with Crippen LogP contribution in [0.5, 0.6) is 0 Å². The summed E-state index contributed by atoms with van der Waals surface area (Å²) in [4.78, 5) is 30.6. The number of fused-ring (bicyclic) bond motifs is 2. The Hall–Kier alpha value is -3.12. The van der Waals surface area contributed by atoms with Crippen LogP contribution in [0.2, 0.25) is 0 Å². The Kier molecular flexibility index (Phi) is 5.59. The van der Waals surface area contributed by atoms with Gasteiger partial charge in [0.15, 0.2) is 5.16 Å². The number of aryl methyl sites for hydroxylation is 1. The highest BCUT2D eigenvalue weighted by Gasteiger charge is 2.19. The van der Waals surface area contributed by atoms with E-state index in [9.17, 15) is 9.59 Å². The van der Waals surface area contributed by atoms with Crippen molar-refractivity contribution in [3.63, 3.8) is 0 Å². The van der Waals surface area contributed by atoms with Crippen LogP contribution >= 0.6 is 11.8 Å². The fraction of sp³-hybridized carbons (Fsp3) is 0.208. The highest BCUT2D eigenvalue weighted by molar-refractivity contribution is 8.00. The Morgan fingerprint density at radius 1 is 1.10 bits per heavy atom. The average Bonchev–Trinajstić information content (AvgIpc) is 2.73. The van der Waals surface area contributed by atoms with Gasteiger partial charge in [-0.3, -0.25) is 14.2 Å². The van der Waals surface area contributed by atoms with E-state index < -0.39 is 5.25 Å². The van der Waals surface area contributed by atoms with Gasteiger partial charge < -0.3 is 5.32 Å². The summed E-state index contributed by atoms with van der Waals surface area (Å²) in [6.07, 6.45) is 0. The molecule has 4 rings (SSSR count). The quantitative estimate of drug-likeness (QED) is 0.282. The van der Waals surface area contributed by atoms with Gasteiger partial charge in [0, 0.05) is 12.2 Å². The van der Waals surface area contributed by atoms with Crippen molar-refractivity contribution >= 4 is 45.0 Å². The van der Waals surface area contributed by atoms with E-state index >= 15 is 0 Å². The highest BCUT2D eigenvalue weighted by atomic mass is 32.2. The molecule has 1 N–H and O–H groups in total. The lowest BCUT2D eigenvalue weighted by Gasteiger charge is -2.16. The zero-order valence-electron chi connectivity index (χ0n) is 17.2. The van der Waals surface area contributed by atoms with Crippen molar-refractivity contribution in [2.75, 3.05) is 5.32 Å². The number of hydrogen-bond donors (Lipinski definition) is 1. The van der Waals surface area contributed by atoms with E-state index in [1.807, 2.05) is 81.4 Å². The molecule has 0 unspecified atom stereocenters. The van der Waals surface area contributed by atoms with Gasteiger partial charge in [0.1, 0.15) is 0 Å². The Morgan fingerprint density at radius 3 is 2.53 bits per heavy atom. The summed E-state index contributed by atoms with van der Waals surface area (Å²) in [5, 5.41) is 5.73. The van der Waals surface area contributed by atoms with Gasteiger partial charge in [-0.25, -0.2) is 4.98 Å². The lowest BCUT2D eigenvalue weighted by molar-refractivity contribution is -0.115. The zero-order chi connectivity index (χ0) is 21.3. The van der Waals surface area contributed by atoms with Crippen LogP contribution in [0.3, 0.4) is 0 Å². The van der Waals surface area contributed by atoms with Crippen molar-refractivity contribution in [1.29, 1.82) is 0 Å². The smallest absolute Gasteiger partial charge is 0.262 e. The van der Waals surface area contributed by atoms with Gasteiger partial charge in [0.2, 0.25) is 5.91 Å². The molecule has 6 heteroatoms. The second-order valence-electron chi connectivity index (χ2n) is 7.28. The lowest BCUT2D eigenvalue weighted by atomic mass is 10.1. The van der Waals surface area contributed by atoms with Crippen LogP contribution in [0, 0.1) is 6.92 Å². The minimum Gasteiger partial charge on any atom is -0.325 e. The number of amides is 1. The normalized spacial score (nSPS) is 12.2. The standard InChI is InChI=1S/C24H23N3O2S/c1-4-27-23(29)20-13-17-9-5-6-10-18(17)14-21(20)26-24(27)30-16(3)22(28)25-19-11-7-8-15(2)12-19/h5-14,16H,4H2,1-3H3,(H,25,28)/t16-/m1/s1. The molecule has 1 amide bonds. The van der Waals surface area contributed by atoms with Gasteiger partial charge in [0.05, 0.1) is 16.2 Å². The van der Waals surface area contributed by atoms with Gasteiger partial charge >= 0.3 is 0 Å². The molecule has 0 aliphatic rings. The van der Waals surface area contributed by atoms with E-state index in [-0.39, 0.29) is 11.5 Å². The maximum absolute atomic E-state index is 13.1. The first kappa shape index (κ1) is 20.2. The first-order chi connectivity index (χ1) is 14.5. The third-order valence-electron chi connectivity index (χ3n) is 5.04. The van der Waals surface area contributed by atoms with Crippen molar-refractivity contribution in [2.24, 2.45) is 0 Å². The minimum atomic E-state index is -0.409. The van der Waals surface area contributed by atoms with Gasteiger partial charge in [-0.1, -0.05) is 48.2 Å². The predicted molar refractivity (Wildman–Crippen MR) is 124 cm³/mol. The maximum atomic E-state index is 13.1. The molecule has 1 atom stereocenters. The van der Waals surface area contributed by atoms with E-state index in [0.717, 1.165) is 22.0 Å².